The lowest BCUT2D eigenvalue weighted by Gasteiger charge is -2.14. The summed E-state index contributed by atoms with van der Waals surface area (Å²) in [6.07, 6.45) is 9.63. The summed E-state index contributed by atoms with van der Waals surface area (Å²) >= 11 is 0. The van der Waals surface area contributed by atoms with Gasteiger partial charge in [-0.25, -0.2) is 4.98 Å². The van der Waals surface area contributed by atoms with Gasteiger partial charge in [-0.05, 0) is 44.9 Å². The summed E-state index contributed by atoms with van der Waals surface area (Å²) in [4.78, 5) is 4.03. The van der Waals surface area contributed by atoms with Crippen LogP contribution in [0.25, 0.3) is 6.08 Å². The van der Waals surface area contributed by atoms with Crippen molar-refractivity contribution in [1.29, 1.82) is 0 Å². The molecule has 22 heavy (non-hydrogen) atoms. The summed E-state index contributed by atoms with van der Waals surface area (Å²) in [6.45, 7) is 9.54. The first-order valence-electron chi connectivity index (χ1n) is 7.70. The van der Waals surface area contributed by atoms with Gasteiger partial charge in [0.2, 0.25) is 0 Å². The van der Waals surface area contributed by atoms with Crippen LogP contribution in [0.1, 0.15) is 32.3 Å². The van der Waals surface area contributed by atoms with Crippen LogP contribution in [0.15, 0.2) is 43.5 Å². The maximum atomic E-state index is 5.80. The number of aryl methyl sites for hydroxylation is 1. The van der Waals surface area contributed by atoms with Gasteiger partial charge in [0.1, 0.15) is 11.5 Å². The molecule has 0 amide bonds. The van der Waals surface area contributed by atoms with Crippen molar-refractivity contribution in [2.75, 3.05) is 6.61 Å². The second kappa shape index (κ2) is 8.27. The molecule has 1 aromatic carbocycles. The number of benzene rings is 1. The van der Waals surface area contributed by atoms with Crippen LogP contribution in [-0.2, 0) is 6.54 Å². The van der Waals surface area contributed by atoms with Gasteiger partial charge in [-0.1, -0.05) is 12.7 Å². The predicted molar refractivity (Wildman–Crippen MR) is 89.3 cm³/mol. The summed E-state index contributed by atoms with van der Waals surface area (Å²) in [5.74, 6) is 1.70. The van der Waals surface area contributed by atoms with Crippen molar-refractivity contribution < 1.29 is 9.47 Å². The van der Waals surface area contributed by atoms with Crippen molar-refractivity contribution in [3.63, 3.8) is 0 Å². The molecule has 0 saturated heterocycles. The number of aromatic nitrogens is 2. The van der Waals surface area contributed by atoms with Crippen LogP contribution in [-0.4, -0.2) is 22.3 Å². The molecule has 0 N–H and O–H groups in total. The molecule has 0 unspecified atom stereocenters. The Morgan fingerprint density at radius 3 is 2.86 bits per heavy atom. The van der Waals surface area contributed by atoms with Crippen LogP contribution in [0.2, 0.25) is 0 Å². The van der Waals surface area contributed by atoms with Crippen molar-refractivity contribution >= 4 is 6.08 Å². The van der Waals surface area contributed by atoms with E-state index in [9.17, 15) is 0 Å². The van der Waals surface area contributed by atoms with Crippen molar-refractivity contribution in [3.05, 3.63) is 49.1 Å². The lowest BCUT2D eigenvalue weighted by Crippen LogP contribution is -2.07. The molecule has 0 aliphatic heterocycles. The van der Waals surface area contributed by atoms with Crippen molar-refractivity contribution in [2.24, 2.45) is 0 Å². The number of hydrogen-bond acceptors (Lipinski definition) is 3. The number of imidazole rings is 1. The van der Waals surface area contributed by atoms with Gasteiger partial charge in [-0.2, -0.15) is 0 Å². The van der Waals surface area contributed by atoms with E-state index in [2.05, 4.69) is 16.1 Å². The standard InChI is InChI=1S/C18H24N2O2/c1-4-16-13-17(7-8-18(16)22-15(2)3)21-12-6-5-10-20-11-9-19-14-20/h4,7-9,11,13-15H,1,5-6,10,12H2,2-3H3. The molecular weight excluding hydrogens is 276 g/mol. The highest BCUT2D eigenvalue weighted by Gasteiger charge is 2.05. The van der Waals surface area contributed by atoms with Gasteiger partial charge in [0, 0.05) is 24.5 Å². The van der Waals surface area contributed by atoms with E-state index in [1.807, 2.05) is 44.6 Å². The summed E-state index contributed by atoms with van der Waals surface area (Å²) in [5, 5.41) is 0. The first kappa shape index (κ1) is 16.1. The Kier molecular flexibility index (Phi) is 6.07. The number of ether oxygens (including phenoxy) is 2. The minimum Gasteiger partial charge on any atom is -0.494 e. The Labute approximate surface area is 132 Å². The molecule has 2 rings (SSSR count). The maximum absolute atomic E-state index is 5.80. The third-order valence-corrected chi connectivity index (χ3v) is 3.20. The van der Waals surface area contributed by atoms with Crippen LogP contribution in [0, 0.1) is 0 Å². The first-order valence-corrected chi connectivity index (χ1v) is 7.70. The van der Waals surface area contributed by atoms with E-state index in [0.717, 1.165) is 36.4 Å². The van der Waals surface area contributed by atoms with E-state index in [-0.39, 0.29) is 6.10 Å². The molecule has 118 valence electrons. The molecule has 0 atom stereocenters. The lowest BCUT2D eigenvalue weighted by atomic mass is 10.2. The maximum Gasteiger partial charge on any atom is 0.127 e. The smallest absolute Gasteiger partial charge is 0.127 e. The number of unbranched alkanes of at least 4 members (excludes halogenated alkanes) is 1. The minimum absolute atomic E-state index is 0.147. The van der Waals surface area contributed by atoms with Crippen molar-refractivity contribution in [3.8, 4) is 11.5 Å². The van der Waals surface area contributed by atoms with Gasteiger partial charge in [0.25, 0.3) is 0 Å². The Balaban J connectivity index is 1.78. The minimum atomic E-state index is 0.147. The van der Waals surface area contributed by atoms with E-state index in [0.29, 0.717) is 6.61 Å². The molecule has 1 aromatic heterocycles. The highest BCUT2D eigenvalue weighted by molar-refractivity contribution is 5.58. The quantitative estimate of drug-likeness (QED) is 0.652. The normalized spacial score (nSPS) is 10.7. The summed E-state index contributed by atoms with van der Waals surface area (Å²) in [6, 6.07) is 5.86. The summed E-state index contributed by atoms with van der Waals surface area (Å²) in [5.41, 5.74) is 0.963. The molecule has 0 aliphatic carbocycles. The second-order valence-corrected chi connectivity index (χ2v) is 5.43. The number of rotatable bonds is 9. The SMILES string of the molecule is C=Cc1cc(OCCCCn2ccnc2)ccc1OC(C)C. The average Bonchev–Trinajstić information content (AvgIpc) is 3.01. The van der Waals surface area contributed by atoms with Crippen LogP contribution in [0.3, 0.4) is 0 Å². The van der Waals surface area contributed by atoms with Crippen LogP contribution in [0.5, 0.6) is 11.5 Å². The molecule has 1 heterocycles. The summed E-state index contributed by atoms with van der Waals surface area (Å²) in [7, 11) is 0. The number of nitrogens with zero attached hydrogens (tertiary/aromatic N) is 2. The highest BCUT2D eigenvalue weighted by Crippen LogP contribution is 2.26. The third-order valence-electron chi connectivity index (χ3n) is 3.20. The first-order chi connectivity index (χ1) is 10.7. The molecule has 0 bridgehead atoms. The topological polar surface area (TPSA) is 36.3 Å². The average molecular weight is 300 g/mol. The fourth-order valence-corrected chi connectivity index (χ4v) is 2.14. The molecule has 0 saturated carbocycles. The van der Waals surface area contributed by atoms with E-state index >= 15 is 0 Å². The lowest BCUT2D eigenvalue weighted by molar-refractivity contribution is 0.241. The Morgan fingerprint density at radius 1 is 1.32 bits per heavy atom. The van der Waals surface area contributed by atoms with Crippen molar-refractivity contribution in [1.82, 2.24) is 9.55 Å². The van der Waals surface area contributed by atoms with E-state index in [1.165, 1.54) is 0 Å². The van der Waals surface area contributed by atoms with E-state index in [1.54, 1.807) is 12.3 Å². The van der Waals surface area contributed by atoms with Gasteiger partial charge in [0.15, 0.2) is 0 Å². The monoisotopic (exact) mass is 300 g/mol. The van der Waals surface area contributed by atoms with Crippen molar-refractivity contribution in [2.45, 2.75) is 39.3 Å². The molecule has 0 aliphatic rings. The molecule has 0 radical (unpaired) electrons. The Hall–Kier alpha value is -2.23. The van der Waals surface area contributed by atoms with Gasteiger partial charge in [-0.15, -0.1) is 0 Å². The second-order valence-electron chi connectivity index (χ2n) is 5.43. The molecule has 4 heteroatoms. The van der Waals surface area contributed by atoms with Gasteiger partial charge in [0.05, 0.1) is 19.0 Å². The predicted octanol–water partition coefficient (Wildman–Crippen LogP) is 4.17. The van der Waals surface area contributed by atoms with Gasteiger partial charge >= 0.3 is 0 Å². The summed E-state index contributed by atoms with van der Waals surface area (Å²) < 4.78 is 13.6. The van der Waals surface area contributed by atoms with Crippen LogP contribution >= 0.6 is 0 Å². The Bertz CT molecular complexity index is 577. The van der Waals surface area contributed by atoms with Gasteiger partial charge in [-0.3, -0.25) is 0 Å². The fraction of sp³-hybridized carbons (Fsp3) is 0.389. The molecular formula is C18H24N2O2. The van der Waals surface area contributed by atoms with E-state index < -0.39 is 0 Å². The van der Waals surface area contributed by atoms with E-state index in [4.69, 9.17) is 9.47 Å². The Morgan fingerprint density at radius 2 is 2.18 bits per heavy atom. The zero-order valence-electron chi connectivity index (χ0n) is 13.4. The third kappa shape index (κ3) is 4.95. The zero-order valence-corrected chi connectivity index (χ0v) is 13.4. The number of hydrogen-bond donors (Lipinski definition) is 0. The fourth-order valence-electron chi connectivity index (χ4n) is 2.14. The molecule has 4 nitrogen and oxygen atoms in total. The van der Waals surface area contributed by atoms with Gasteiger partial charge < -0.3 is 14.0 Å². The molecule has 0 spiro atoms. The molecule has 0 fully saturated rings. The van der Waals surface area contributed by atoms with Crippen LogP contribution < -0.4 is 9.47 Å². The highest BCUT2D eigenvalue weighted by atomic mass is 16.5. The largest absolute Gasteiger partial charge is 0.494 e. The molecule has 2 aromatic rings. The van der Waals surface area contributed by atoms with Crippen LogP contribution in [0.4, 0.5) is 0 Å². The zero-order chi connectivity index (χ0) is 15.8.